The van der Waals surface area contributed by atoms with E-state index in [0.29, 0.717) is 29.4 Å². The lowest BCUT2D eigenvalue weighted by Crippen LogP contribution is -2.47. The summed E-state index contributed by atoms with van der Waals surface area (Å²) in [5.74, 6) is -0.307. The van der Waals surface area contributed by atoms with Crippen LogP contribution in [0.15, 0.2) is 18.2 Å². The quantitative estimate of drug-likeness (QED) is 0.875. The van der Waals surface area contributed by atoms with Crippen LogP contribution in [-0.4, -0.2) is 49.3 Å². The van der Waals surface area contributed by atoms with E-state index in [1.807, 2.05) is 4.90 Å². The van der Waals surface area contributed by atoms with Crippen molar-refractivity contribution in [1.82, 2.24) is 10.2 Å². The van der Waals surface area contributed by atoms with E-state index in [0.717, 1.165) is 13.1 Å². The average molecular weight is 285 g/mol. The molecule has 0 amide bonds. The highest BCUT2D eigenvalue weighted by Gasteiger charge is 2.28. The summed E-state index contributed by atoms with van der Waals surface area (Å²) in [6.07, 6.45) is 0. The molecule has 1 aromatic rings. The SMILES string of the molecule is COc1ccc(C(C(=O)O)N2CCNCC2)cc1Cl. The summed E-state index contributed by atoms with van der Waals surface area (Å²) in [6.45, 7) is 3.02. The van der Waals surface area contributed by atoms with Crippen molar-refractivity contribution in [3.63, 3.8) is 0 Å². The Balaban J connectivity index is 2.28. The molecule has 2 N–H and O–H groups in total. The Kier molecular flexibility index (Phi) is 4.63. The maximum Gasteiger partial charge on any atom is 0.325 e. The van der Waals surface area contributed by atoms with E-state index in [1.165, 1.54) is 7.11 Å². The molecule has 1 saturated heterocycles. The number of nitrogens with one attached hydrogen (secondary N) is 1. The summed E-state index contributed by atoms with van der Waals surface area (Å²) < 4.78 is 5.08. The number of carboxylic acids is 1. The van der Waals surface area contributed by atoms with Crippen molar-refractivity contribution >= 4 is 17.6 Å². The Morgan fingerprint density at radius 2 is 2.16 bits per heavy atom. The van der Waals surface area contributed by atoms with Crippen molar-refractivity contribution in [2.24, 2.45) is 0 Å². The molecule has 1 aliphatic heterocycles. The molecule has 0 aliphatic carbocycles. The van der Waals surface area contributed by atoms with Crippen molar-refractivity contribution in [3.8, 4) is 5.75 Å². The van der Waals surface area contributed by atoms with Crippen LogP contribution in [0.1, 0.15) is 11.6 Å². The minimum Gasteiger partial charge on any atom is -0.495 e. The molecule has 1 aromatic carbocycles. The average Bonchev–Trinajstić information content (AvgIpc) is 2.40. The minimum absolute atomic E-state index is 0.432. The van der Waals surface area contributed by atoms with Crippen molar-refractivity contribution in [2.75, 3.05) is 33.3 Å². The summed E-state index contributed by atoms with van der Waals surface area (Å²) in [4.78, 5) is 13.5. The number of halogens is 1. The van der Waals surface area contributed by atoms with Gasteiger partial charge in [-0.2, -0.15) is 0 Å². The Bertz CT molecular complexity index is 461. The first-order chi connectivity index (χ1) is 9.13. The van der Waals surface area contributed by atoms with Crippen LogP contribution in [0, 0.1) is 0 Å². The Morgan fingerprint density at radius 3 is 2.68 bits per heavy atom. The zero-order chi connectivity index (χ0) is 13.8. The van der Waals surface area contributed by atoms with Crippen LogP contribution in [0.4, 0.5) is 0 Å². The number of hydrogen-bond acceptors (Lipinski definition) is 4. The minimum atomic E-state index is -0.858. The van der Waals surface area contributed by atoms with Gasteiger partial charge in [0.2, 0.25) is 0 Å². The second-order valence-electron chi connectivity index (χ2n) is 4.42. The largest absolute Gasteiger partial charge is 0.495 e. The fourth-order valence-corrected chi connectivity index (χ4v) is 2.57. The van der Waals surface area contributed by atoms with Crippen molar-refractivity contribution in [3.05, 3.63) is 28.8 Å². The molecular formula is C13H17ClN2O3. The number of hydrogen-bond donors (Lipinski definition) is 2. The number of nitrogens with zero attached hydrogens (tertiary/aromatic N) is 1. The van der Waals surface area contributed by atoms with Crippen LogP contribution in [0.2, 0.25) is 5.02 Å². The molecule has 1 fully saturated rings. The molecule has 5 nitrogen and oxygen atoms in total. The predicted octanol–water partition coefficient (Wildman–Crippen LogP) is 1.38. The Hall–Kier alpha value is -1.30. The normalized spacial score (nSPS) is 18.0. The maximum atomic E-state index is 11.5. The van der Waals surface area contributed by atoms with Gasteiger partial charge in [0.05, 0.1) is 12.1 Å². The molecule has 0 spiro atoms. The number of piperazine rings is 1. The number of carboxylic acid groups (broad SMARTS) is 1. The first kappa shape index (κ1) is 14.1. The molecular weight excluding hydrogens is 268 g/mol. The number of benzene rings is 1. The highest BCUT2D eigenvalue weighted by Crippen LogP contribution is 2.30. The van der Waals surface area contributed by atoms with Gasteiger partial charge in [-0.05, 0) is 17.7 Å². The summed E-state index contributed by atoms with van der Waals surface area (Å²) in [6, 6.07) is 4.47. The summed E-state index contributed by atoms with van der Waals surface area (Å²) in [7, 11) is 1.53. The van der Waals surface area contributed by atoms with Crippen LogP contribution in [0.5, 0.6) is 5.75 Å². The van der Waals surface area contributed by atoms with Gasteiger partial charge in [0.15, 0.2) is 0 Å². The lowest BCUT2D eigenvalue weighted by Gasteiger charge is -2.32. The second kappa shape index (κ2) is 6.23. The van der Waals surface area contributed by atoms with E-state index in [1.54, 1.807) is 18.2 Å². The molecule has 1 atom stereocenters. The Labute approximate surface area is 117 Å². The first-order valence-electron chi connectivity index (χ1n) is 6.14. The fourth-order valence-electron chi connectivity index (χ4n) is 2.30. The number of carbonyl (C=O) groups is 1. The zero-order valence-corrected chi connectivity index (χ0v) is 11.5. The van der Waals surface area contributed by atoms with Gasteiger partial charge >= 0.3 is 5.97 Å². The van der Waals surface area contributed by atoms with Crippen LogP contribution in [0.3, 0.4) is 0 Å². The molecule has 1 aliphatic rings. The van der Waals surface area contributed by atoms with Gasteiger partial charge in [-0.15, -0.1) is 0 Å². The van der Waals surface area contributed by atoms with E-state index in [-0.39, 0.29) is 0 Å². The van der Waals surface area contributed by atoms with Crippen LogP contribution < -0.4 is 10.1 Å². The smallest absolute Gasteiger partial charge is 0.325 e. The van der Waals surface area contributed by atoms with Crippen molar-refractivity contribution in [1.29, 1.82) is 0 Å². The van der Waals surface area contributed by atoms with Crippen molar-refractivity contribution in [2.45, 2.75) is 6.04 Å². The van der Waals surface area contributed by atoms with Gasteiger partial charge in [-0.1, -0.05) is 17.7 Å². The molecule has 0 bridgehead atoms. The second-order valence-corrected chi connectivity index (χ2v) is 4.83. The number of ether oxygens (including phenoxy) is 1. The van der Waals surface area contributed by atoms with Crippen LogP contribution in [-0.2, 0) is 4.79 Å². The molecule has 2 rings (SSSR count). The van der Waals surface area contributed by atoms with Gasteiger partial charge in [0.25, 0.3) is 0 Å². The lowest BCUT2D eigenvalue weighted by atomic mass is 10.0. The molecule has 0 aromatic heterocycles. The third-order valence-corrected chi connectivity index (χ3v) is 3.54. The topological polar surface area (TPSA) is 61.8 Å². The van der Waals surface area contributed by atoms with Crippen LogP contribution >= 0.6 is 11.6 Å². The molecule has 1 heterocycles. The Morgan fingerprint density at radius 1 is 1.47 bits per heavy atom. The lowest BCUT2D eigenvalue weighted by molar-refractivity contribution is -0.143. The van der Waals surface area contributed by atoms with E-state index >= 15 is 0 Å². The van der Waals surface area contributed by atoms with E-state index in [9.17, 15) is 9.90 Å². The summed E-state index contributed by atoms with van der Waals surface area (Å²) >= 11 is 6.07. The van der Waals surface area contributed by atoms with Gasteiger partial charge < -0.3 is 15.2 Å². The standard InChI is InChI=1S/C13H17ClN2O3/c1-19-11-3-2-9(8-10(11)14)12(13(17)18)16-6-4-15-5-7-16/h2-3,8,12,15H,4-7H2,1H3,(H,17,18). The number of aliphatic carboxylic acids is 1. The summed E-state index contributed by atoms with van der Waals surface area (Å²) in [5.41, 5.74) is 0.681. The van der Waals surface area contributed by atoms with Gasteiger partial charge in [0, 0.05) is 26.2 Å². The van der Waals surface area contributed by atoms with E-state index in [2.05, 4.69) is 5.32 Å². The van der Waals surface area contributed by atoms with E-state index < -0.39 is 12.0 Å². The summed E-state index contributed by atoms with van der Waals surface area (Å²) in [5, 5.41) is 13.1. The molecule has 19 heavy (non-hydrogen) atoms. The number of rotatable bonds is 4. The monoisotopic (exact) mass is 284 g/mol. The molecule has 1 unspecified atom stereocenters. The molecule has 0 radical (unpaired) electrons. The highest BCUT2D eigenvalue weighted by atomic mass is 35.5. The van der Waals surface area contributed by atoms with E-state index in [4.69, 9.17) is 16.3 Å². The van der Waals surface area contributed by atoms with Crippen LogP contribution in [0.25, 0.3) is 0 Å². The van der Waals surface area contributed by atoms with Gasteiger partial charge in [0.1, 0.15) is 11.8 Å². The molecule has 0 saturated carbocycles. The molecule has 6 heteroatoms. The highest BCUT2D eigenvalue weighted by molar-refractivity contribution is 6.32. The third-order valence-electron chi connectivity index (χ3n) is 3.24. The first-order valence-corrected chi connectivity index (χ1v) is 6.52. The predicted molar refractivity (Wildman–Crippen MR) is 72.8 cm³/mol. The van der Waals surface area contributed by atoms with Gasteiger partial charge in [-0.3, -0.25) is 9.69 Å². The maximum absolute atomic E-state index is 11.5. The third kappa shape index (κ3) is 3.18. The van der Waals surface area contributed by atoms with Crippen molar-refractivity contribution < 1.29 is 14.6 Å². The number of methoxy groups -OCH3 is 1. The zero-order valence-electron chi connectivity index (χ0n) is 10.7. The fraction of sp³-hybridized carbons (Fsp3) is 0.462. The van der Waals surface area contributed by atoms with Gasteiger partial charge in [-0.25, -0.2) is 0 Å². The molecule has 104 valence electrons.